The number of aliphatic imine (C=N–C) groups is 1. The summed E-state index contributed by atoms with van der Waals surface area (Å²) in [4.78, 5) is 4.18. The minimum atomic E-state index is -0.415. The van der Waals surface area contributed by atoms with Crippen LogP contribution in [0.4, 0.5) is 15.8 Å². The normalized spacial score (nSPS) is 11.2. The average molecular weight is 279 g/mol. The number of hydrogen-bond acceptors (Lipinski definition) is 2. The van der Waals surface area contributed by atoms with Gasteiger partial charge < -0.3 is 5.32 Å². The van der Waals surface area contributed by atoms with Crippen LogP contribution in [0.3, 0.4) is 0 Å². The van der Waals surface area contributed by atoms with Crippen molar-refractivity contribution >= 4 is 28.9 Å². The number of hydrogen-bond donors (Lipinski definition) is 3. The number of hydrazine groups is 1. The zero-order chi connectivity index (χ0) is 13.7. The lowest BCUT2D eigenvalue weighted by Crippen LogP contribution is -2.35. The van der Waals surface area contributed by atoms with Gasteiger partial charge in [-0.3, -0.25) is 5.43 Å². The molecule has 0 saturated heterocycles. The van der Waals surface area contributed by atoms with Crippen molar-refractivity contribution in [2.45, 2.75) is 0 Å². The fourth-order valence-corrected chi connectivity index (χ4v) is 1.66. The van der Waals surface area contributed by atoms with Gasteiger partial charge in [-0.05, 0) is 30.3 Å². The van der Waals surface area contributed by atoms with Crippen LogP contribution in [0.2, 0.25) is 5.02 Å². The van der Waals surface area contributed by atoms with Gasteiger partial charge in [0.15, 0.2) is 0 Å². The number of halogens is 2. The molecular formula is C13H12ClFN4. The molecule has 0 spiro atoms. The van der Waals surface area contributed by atoms with Crippen LogP contribution in [0.5, 0.6) is 0 Å². The minimum Gasteiger partial charge on any atom is -0.325 e. The number of para-hydroxylation sites is 1. The van der Waals surface area contributed by atoms with Crippen LogP contribution in [0.15, 0.2) is 53.5 Å². The number of nitrogens with zero attached hydrogens (tertiary/aromatic N) is 1. The van der Waals surface area contributed by atoms with Gasteiger partial charge in [0.2, 0.25) is 5.96 Å². The summed E-state index contributed by atoms with van der Waals surface area (Å²) in [6.07, 6.45) is 0. The highest BCUT2D eigenvalue weighted by molar-refractivity contribution is 6.33. The first kappa shape index (κ1) is 13.3. The van der Waals surface area contributed by atoms with Gasteiger partial charge in [-0.2, -0.15) is 0 Å². The number of anilines is 1. The van der Waals surface area contributed by atoms with Crippen LogP contribution in [0.25, 0.3) is 0 Å². The standard InChI is InChI=1S/C13H12ClFN4/c14-11-8-9(15)6-7-12(11)18-13(19-16)17-10-4-2-1-3-5-10/h1-8H,16H2,(H2,17,18,19). The van der Waals surface area contributed by atoms with Crippen molar-refractivity contribution in [3.05, 3.63) is 59.4 Å². The molecule has 19 heavy (non-hydrogen) atoms. The third kappa shape index (κ3) is 3.67. The number of guanidine groups is 1. The Hall–Kier alpha value is -2.11. The lowest BCUT2D eigenvalue weighted by molar-refractivity contribution is 0.628. The van der Waals surface area contributed by atoms with Crippen molar-refractivity contribution in [1.82, 2.24) is 5.43 Å². The Labute approximate surface area is 115 Å². The SMILES string of the molecule is NNC(=Nc1ccc(F)cc1Cl)Nc1ccccc1. The molecule has 0 fully saturated rings. The molecule has 0 bridgehead atoms. The Bertz CT molecular complexity index is 586. The third-order valence-corrected chi connectivity index (χ3v) is 2.62. The van der Waals surface area contributed by atoms with Crippen LogP contribution in [-0.2, 0) is 0 Å². The summed E-state index contributed by atoms with van der Waals surface area (Å²) in [7, 11) is 0. The van der Waals surface area contributed by atoms with Crippen LogP contribution in [-0.4, -0.2) is 5.96 Å². The lowest BCUT2D eigenvalue weighted by Gasteiger charge is -2.09. The summed E-state index contributed by atoms with van der Waals surface area (Å²) in [6.45, 7) is 0. The molecule has 4 nitrogen and oxygen atoms in total. The monoisotopic (exact) mass is 278 g/mol. The second-order valence-electron chi connectivity index (χ2n) is 3.69. The second kappa shape index (κ2) is 6.17. The Morgan fingerprint density at radius 3 is 2.53 bits per heavy atom. The van der Waals surface area contributed by atoms with E-state index in [-0.39, 0.29) is 5.02 Å². The predicted molar refractivity (Wildman–Crippen MR) is 75.9 cm³/mol. The summed E-state index contributed by atoms with van der Waals surface area (Å²) in [5.41, 5.74) is 3.66. The Balaban J connectivity index is 2.23. The van der Waals surface area contributed by atoms with Crippen molar-refractivity contribution in [3.8, 4) is 0 Å². The largest absolute Gasteiger partial charge is 0.325 e. The van der Waals surface area contributed by atoms with Gasteiger partial charge >= 0.3 is 0 Å². The summed E-state index contributed by atoms with van der Waals surface area (Å²) < 4.78 is 12.9. The van der Waals surface area contributed by atoms with E-state index in [0.717, 1.165) is 5.69 Å². The van der Waals surface area contributed by atoms with E-state index in [2.05, 4.69) is 15.7 Å². The Morgan fingerprint density at radius 2 is 1.89 bits per heavy atom. The van der Waals surface area contributed by atoms with Crippen LogP contribution in [0, 0.1) is 5.82 Å². The first-order valence-electron chi connectivity index (χ1n) is 5.51. The van der Waals surface area contributed by atoms with Gasteiger partial charge in [0, 0.05) is 5.69 Å². The second-order valence-corrected chi connectivity index (χ2v) is 4.10. The molecule has 0 aliphatic heterocycles. The molecule has 6 heteroatoms. The summed E-state index contributed by atoms with van der Waals surface area (Å²) in [5, 5.41) is 3.19. The fourth-order valence-electron chi connectivity index (χ4n) is 1.45. The van der Waals surface area contributed by atoms with Gasteiger partial charge in [0.05, 0.1) is 10.7 Å². The van der Waals surface area contributed by atoms with E-state index < -0.39 is 5.82 Å². The van der Waals surface area contributed by atoms with E-state index in [0.29, 0.717) is 11.6 Å². The summed E-state index contributed by atoms with van der Waals surface area (Å²) >= 11 is 5.89. The van der Waals surface area contributed by atoms with E-state index in [1.807, 2.05) is 30.3 Å². The molecule has 0 heterocycles. The first-order valence-corrected chi connectivity index (χ1v) is 5.89. The lowest BCUT2D eigenvalue weighted by atomic mass is 10.3. The zero-order valence-electron chi connectivity index (χ0n) is 9.90. The van der Waals surface area contributed by atoms with Gasteiger partial charge in [0.1, 0.15) is 5.82 Å². The molecule has 2 rings (SSSR count). The summed E-state index contributed by atoms with van der Waals surface area (Å²) in [6, 6.07) is 13.3. The average Bonchev–Trinajstić information content (AvgIpc) is 2.42. The summed E-state index contributed by atoms with van der Waals surface area (Å²) in [5.74, 6) is 5.28. The molecule has 0 unspecified atom stereocenters. The quantitative estimate of drug-likeness (QED) is 0.342. The van der Waals surface area contributed by atoms with Crippen LogP contribution in [0.1, 0.15) is 0 Å². The maximum atomic E-state index is 12.9. The predicted octanol–water partition coefficient (Wildman–Crippen LogP) is 3.04. The molecular weight excluding hydrogens is 267 g/mol. The Kier molecular flexibility index (Phi) is 4.33. The smallest absolute Gasteiger partial charge is 0.215 e. The maximum absolute atomic E-state index is 12.9. The minimum absolute atomic E-state index is 0.211. The highest BCUT2D eigenvalue weighted by Crippen LogP contribution is 2.25. The highest BCUT2D eigenvalue weighted by atomic mass is 35.5. The molecule has 4 N–H and O–H groups in total. The van der Waals surface area contributed by atoms with Crippen LogP contribution < -0.4 is 16.6 Å². The van der Waals surface area contributed by atoms with E-state index in [4.69, 9.17) is 17.4 Å². The van der Waals surface area contributed by atoms with Gasteiger partial charge in [0.25, 0.3) is 0 Å². The van der Waals surface area contributed by atoms with E-state index in [9.17, 15) is 4.39 Å². The Morgan fingerprint density at radius 1 is 1.16 bits per heavy atom. The highest BCUT2D eigenvalue weighted by Gasteiger charge is 2.03. The van der Waals surface area contributed by atoms with Gasteiger partial charge in [-0.1, -0.05) is 29.8 Å². The molecule has 0 radical (unpaired) electrons. The van der Waals surface area contributed by atoms with E-state index in [1.165, 1.54) is 18.2 Å². The number of nitrogens with one attached hydrogen (secondary N) is 2. The van der Waals surface area contributed by atoms with Gasteiger partial charge in [-0.25, -0.2) is 15.2 Å². The molecule has 0 atom stereocenters. The van der Waals surface area contributed by atoms with Crippen molar-refractivity contribution < 1.29 is 4.39 Å². The molecule has 2 aromatic carbocycles. The molecule has 0 saturated carbocycles. The van der Waals surface area contributed by atoms with Crippen molar-refractivity contribution in [3.63, 3.8) is 0 Å². The third-order valence-electron chi connectivity index (χ3n) is 2.32. The fraction of sp³-hybridized carbons (Fsp3) is 0. The van der Waals surface area contributed by atoms with Crippen LogP contribution >= 0.6 is 11.6 Å². The molecule has 2 aromatic rings. The molecule has 0 aliphatic carbocycles. The maximum Gasteiger partial charge on any atom is 0.215 e. The molecule has 0 aromatic heterocycles. The number of nitrogens with two attached hydrogens (primary N) is 1. The number of rotatable bonds is 2. The van der Waals surface area contributed by atoms with Crippen molar-refractivity contribution in [2.75, 3.05) is 5.32 Å². The van der Waals surface area contributed by atoms with Crippen molar-refractivity contribution in [2.24, 2.45) is 10.8 Å². The molecule has 0 amide bonds. The topological polar surface area (TPSA) is 62.4 Å². The zero-order valence-corrected chi connectivity index (χ0v) is 10.7. The van der Waals surface area contributed by atoms with Gasteiger partial charge in [-0.15, -0.1) is 0 Å². The molecule has 98 valence electrons. The van der Waals surface area contributed by atoms with E-state index >= 15 is 0 Å². The molecule has 0 aliphatic rings. The van der Waals surface area contributed by atoms with Crippen molar-refractivity contribution in [1.29, 1.82) is 0 Å². The first-order chi connectivity index (χ1) is 9.19. The van der Waals surface area contributed by atoms with E-state index in [1.54, 1.807) is 0 Å². The number of benzene rings is 2.